The Kier molecular flexibility index (Phi) is 11.8. The predicted molar refractivity (Wildman–Crippen MR) is 145 cm³/mol. The minimum atomic E-state index is -0.558. The molecule has 0 fully saturated rings. The normalized spacial score (nSPS) is 10.5. The highest BCUT2D eigenvalue weighted by atomic mass is 32.1. The van der Waals surface area contributed by atoms with Crippen LogP contribution in [-0.2, 0) is 23.9 Å². The summed E-state index contributed by atoms with van der Waals surface area (Å²) in [6.07, 6.45) is 2.04. The Balaban J connectivity index is 2.37. The van der Waals surface area contributed by atoms with Crippen molar-refractivity contribution in [3.63, 3.8) is 0 Å². The van der Waals surface area contributed by atoms with Crippen LogP contribution in [0.25, 0.3) is 0 Å². The van der Waals surface area contributed by atoms with E-state index in [-0.39, 0.29) is 37.8 Å². The summed E-state index contributed by atoms with van der Waals surface area (Å²) in [5.74, 6) is -1.27. The number of aromatic nitrogens is 1. The number of carbonyl (C=O) groups excluding carboxylic acids is 3. The van der Waals surface area contributed by atoms with E-state index in [1.165, 1.54) is 0 Å². The molecule has 0 atom stereocenters. The van der Waals surface area contributed by atoms with E-state index >= 15 is 0 Å². The molecule has 0 bridgehead atoms. The number of aryl methyl sites for hydroxylation is 1. The molecule has 0 aliphatic carbocycles. The summed E-state index contributed by atoms with van der Waals surface area (Å²) in [5, 5.41) is 21.0. The molecule has 1 heterocycles. The highest BCUT2D eigenvalue weighted by Gasteiger charge is 2.15. The molecule has 0 spiro atoms. The zero-order valence-corrected chi connectivity index (χ0v) is 22.5. The first-order valence-corrected chi connectivity index (χ1v) is 12.6. The van der Waals surface area contributed by atoms with Gasteiger partial charge in [-0.3, -0.25) is 4.79 Å². The Bertz CT molecular complexity index is 1260. The van der Waals surface area contributed by atoms with E-state index in [2.05, 4.69) is 39.1 Å². The molecule has 0 aliphatic rings. The molecule has 38 heavy (non-hydrogen) atoms. The summed E-state index contributed by atoms with van der Waals surface area (Å²) in [5.41, 5.74) is 2.62. The van der Waals surface area contributed by atoms with Crippen LogP contribution < -0.4 is 10.2 Å². The molecular formula is C26H30N6O5S. The second-order valence-electron chi connectivity index (χ2n) is 8.03. The maximum Gasteiger partial charge on any atom is 0.333 e. The number of azo groups is 1. The van der Waals surface area contributed by atoms with Gasteiger partial charge in [-0.1, -0.05) is 20.1 Å². The van der Waals surface area contributed by atoms with Crippen LogP contribution in [-0.4, -0.2) is 48.5 Å². The molecule has 200 valence electrons. The average molecular weight is 539 g/mol. The number of amides is 1. The first-order chi connectivity index (χ1) is 18.2. The highest BCUT2D eigenvalue weighted by Crippen LogP contribution is 2.34. The summed E-state index contributed by atoms with van der Waals surface area (Å²) < 4.78 is 14.5. The number of anilines is 2. The molecular weight excluding hydrogens is 508 g/mol. The van der Waals surface area contributed by atoms with E-state index in [9.17, 15) is 19.6 Å². The lowest BCUT2D eigenvalue weighted by molar-refractivity contribution is -0.138. The van der Waals surface area contributed by atoms with Gasteiger partial charge in [0.15, 0.2) is 5.00 Å². The molecule has 0 unspecified atom stereocenters. The number of nitrogens with zero attached hydrogens (tertiary/aromatic N) is 5. The Morgan fingerprint density at radius 3 is 2.58 bits per heavy atom. The topological polar surface area (TPSA) is 146 Å². The van der Waals surface area contributed by atoms with Crippen molar-refractivity contribution in [2.75, 3.05) is 36.5 Å². The van der Waals surface area contributed by atoms with Gasteiger partial charge in [-0.05, 0) is 50.0 Å². The van der Waals surface area contributed by atoms with Gasteiger partial charge in [-0.2, -0.15) is 9.64 Å². The minimum Gasteiger partial charge on any atom is -0.461 e. The summed E-state index contributed by atoms with van der Waals surface area (Å²) >= 11 is 1.06. The van der Waals surface area contributed by atoms with Crippen molar-refractivity contribution in [3.05, 3.63) is 54.3 Å². The molecule has 12 heteroatoms. The van der Waals surface area contributed by atoms with Gasteiger partial charge in [0.05, 0.1) is 24.5 Å². The molecule has 1 aromatic heterocycles. The molecule has 0 aliphatic heterocycles. The van der Waals surface area contributed by atoms with Crippen molar-refractivity contribution in [1.82, 2.24) is 4.37 Å². The average Bonchev–Trinajstić information content (AvgIpc) is 3.25. The largest absolute Gasteiger partial charge is 0.461 e. The fraction of sp³-hybridized carbons (Fsp3) is 0.346. The van der Waals surface area contributed by atoms with E-state index in [1.54, 1.807) is 32.0 Å². The van der Waals surface area contributed by atoms with Gasteiger partial charge in [-0.25, -0.2) is 9.59 Å². The van der Waals surface area contributed by atoms with Crippen LogP contribution in [0.4, 0.5) is 22.1 Å². The number of benzene rings is 1. The summed E-state index contributed by atoms with van der Waals surface area (Å²) in [6, 6.07) is 7.20. The lowest BCUT2D eigenvalue weighted by Crippen LogP contribution is -2.32. The molecule has 0 radical (unpaired) electrons. The van der Waals surface area contributed by atoms with Crippen LogP contribution in [0, 0.1) is 18.3 Å². The molecule has 0 saturated carbocycles. The van der Waals surface area contributed by atoms with Crippen molar-refractivity contribution in [2.24, 2.45) is 10.2 Å². The molecule has 11 nitrogen and oxygen atoms in total. The number of carbonyl (C=O) groups is 3. The lowest BCUT2D eigenvalue weighted by atomic mass is 10.2. The second-order valence-corrected chi connectivity index (χ2v) is 8.79. The Hall–Kier alpha value is -4.37. The van der Waals surface area contributed by atoms with Gasteiger partial charge in [0, 0.05) is 23.8 Å². The van der Waals surface area contributed by atoms with E-state index in [1.807, 2.05) is 11.8 Å². The van der Waals surface area contributed by atoms with Crippen molar-refractivity contribution in [1.29, 1.82) is 5.26 Å². The van der Waals surface area contributed by atoms with Gasteiger partial charge < -0.3 is 19.7 Å². The van der Waals surface area contributed by atoms with E-state index < -0.39 is 11.9 Å². The number of hydrogen-bond donors (Lipinski definition) is 1. The van der Waals surface area contributed by atoms with Crippen molar-refractivity contribution < 1.29 is 23.9 Å². The van der Waals surface area contributed by atoms with Gasteiger partial charge >= 0.3 is 11.9 Å². The molecule has 2 rings (SSSR count). The van der Waals surface area contributed by atoms with Gasteiger partial charge in [0.2, 0.25) is 5.91 Å². The maximum absolute atomic E-state index is 12.4. The lowest BCUT2D eigenvalue weighted by Gasteiger charge is -2.25. The van der Waals surface area contributed by atoms with Crippen LogP contribution in [0.3, 0.4) is 0 Å². The number of esters is 2. The van der Waals surface area contributed by atoms with E-state index in [0.29, 0.717) is 46.2 Å². The van der Waals surface area contributed by atoms with Gasteiger partial charge in [0.25, 0.3) is 0 Å². The second kappa shape index (κ2) is 15.0. The van der Waals surface area contributed by atoms with Crippen molar-refractivity contribution >= 4 is 51.4 Å². The molecule has 1 aromatic carbocycles. The number of ether oxygens (including phenoxy) is 2. The van der Waals surface area contributed by atoms with Crippen LogP contribution >= 0.6 is 11.5 Å². The van der Waals surface area contributed by atoms with Crippen LogP contribution in [0.5, 0.6) is 0 Å². The van der Waals surface area contributed by atoms with E-state index in [4.69, 9.17) is 9.47 Å². The summed E-state index contributed by atoms with van der Waals surface area (Å²) in [6.45, 7) is 12.8. The zero-order valence-electron chi connectivity index (χ0n) is 21.7. The minimum absolute atomic E-state index is 0.0555. The number of rotatable bonds is 14. The standard InChI is InChI=1S/C26H30N6O5S/c1-6-8-23(33)28-22-15-19(9-10-21(22)29-30-25-20(16-27)18(5)31-38-25)32(11-13-36-24(34)7-2)12-14-37-26(35)17(3)4/h7,9-10,15H,2-3,6,8,11-14H2,1,4-5H3,(H,28,33). The predicted octanol–water partition coefficient (Wildman–Crippen LogP) is 5.13. The third-order valence-electron chi connectivity index (χ3n) is 5.02. The number of hydrogen-bond acceptors (Lipinski definition) is 11. The molecule has 1 amide bonds. The first kappa shape index (κ1) is 29.9. The third-order valence-corrected chi connectivity index (χ3v) is 5.84. The number of nitriles is 1. The van der Waals surface area contributed by atoms with Crippen molar-refractivity contribution in [2.45, 2.75) is 33.6 Å². The fourth-order valence-corrected chi connectivity index (χ4v) is 3.74. The first-order valence-electron chi connectivity index (χ1n) is 11.8. The van der Waals surface area contributed by atoms with Gasteiger partial charge in [0.1, 0.15) is 30.5 Å². The smallest absolute Gasteiger partial charge is 0.333 e. The number of nitrogens with one attached hydrogen (secondary N) is 1. The SMILES string of the molecule is C=CC(=O)OCCN(CCOC(=O)C(=C)C)c1ccc(N=Nc2snc(C)c2C#N)c(NC(=O)CCC)c1. The zero-order chi connectivity index (χ0) is 28.1. The van der Waals surface area contributed by atoms with Crippen LogP contribution in [0.1, 0.15) is 37.9 Å². The van der Waals surface area contributed by atoms with Gasteiger partial charge in [-0.15, -0.1) is 10.2 Å². The highest BCUT2D eigenvalue weighted by molar-refractivity contribution is 7.10. The Morgan fingerprint density at radius 2 is 1.95 bits per heavy atom. The quantitative estimate of drug-likeness (QED) is 0.198. The van der Waals surface area contributed by atoms with Crippen molar-refractivity contribution in [3.8, 4) is 6.07 Å². The molecule has 2 aromatic rings. The molecule has 1 N–H and O–H groups in total. The fourth-order valence-electron chi connectivity index (χ4n) is 3.06. The van der Waals surface area contributed by atoms with Crippen LogP contribution in [0.2, 0.25) is 0 Å². The maximum atomic E-state index is 12.4. The van der Waals surface area contributed by atoms with E-state index in [0.717, 1.165) is 17.6 Å². The summed E-state index contributed by atoms with van der Waals surface area (Å²) in [7, 11) is 0. The van der Waals surface area contributed by atoms with Crippen LogP contribution in [0.15, 0.2) is 53.2 Å². The third kappa shape index (κ3) is 8.94. The Labute approximate surface area is 225 Å². The Morgan fingerprint density at radius 1 is 1.24 bits per heavy atom. The molecule has 0 saturated heterocycles. The summed E-state index contributed by atoms with van der Waals surface area (Å²) in [4.78, 5) is 37.6. The monoisotopic (exact) mass is 538 g/mol.